The maximum Gasteiger partial charge on any atom is 0.410 e. The fourth-order valence-corrected chi connectivity index (χ4v) is 4.43. The number of hydrogen-bond donors (Lipinski definition) is 1. The Morgan fingerprint density at radius 1 is 1.53 bits per heavy atom. The van der Waals surface area contributed by atoms with Gasteiger partial charge in [-0.3, -0.25) is 9.78 Å². The molecule has 2 aromatic rings. The van der Waals surface area contributed by atoms with Crippen LogP contribution in [0.1, 0.15) is 28.0 Å². The van der Waals surface area contributed by atoms with Crippen molar-refractivity contribution in [1.82, 2.24) is 9.88 Å². The monoisotopic (exact) mass is 422 g/mol. The molecule has 0 radical (unpaired) electrons. The highest BCUT2D eigenvalue weighted by Gasteiger charge is 2.28. The number of thiophene rings is 1. The molecule has 8 heteroatoms. The molecule has 2 heterocycles. The largest absolute Gasteiger partial charge is 0.446 e. The second-order valence-electron chi connectivity index (χ2n) is 6.85. The summed E-state index contributed by atoms with van der Waals surface area (Å²) in [6.07, 6.45) is 9.18. The summed E-state index contributed by atoms with van der Waals surface area (Å²) in [6.45, 7) is 4.03. The fourth-order valence-electron chi connectivity index (χ4n) is 3.16. The molecule has 0 aromatic carbocycles. The van der Waals surface area contributed by atoms with Crippen molar-refractivity contribution >= 4 is 34.4 Å². The Balaban J connectivity index is 1.68. The van der Waals surface area contributed by atoms with Crippen molar-refractivity contribution in [1.29, 1.82) is 5.26 Å². The molecule has 154 valence electrons. The van der Waals surface area contributed by atoms with E-state index in [0.29, 0.717) is 36.4 Å². The van der Waals surface area contributed by atoms with Gasteiger partial charge < -0.3 is 15.0 Å². The number of hydrogen-bond acceptors (Lipinski definition) is 6. The van der Waals surface area contributed by atoms with E-state index in [1.165, 1.54) is 22.3 Å². The predicted molar refractivity (Wildman–Crippen MR) is 116 cm³/mol. The summed E-state index contributed by atoms with van der Waals surface area (Å²) in [5.41, 5.74) is 2.23. The number of rotatable bonds is 6. The minimum absolute atomic E-state index is 0.253. The van der Waals surface area contributed by atoms with Crippen molar-refractivity contribution < 1.29 is 14.3 Å². The third kappa shape index (κ3) is 5.13. The average Bonchev–Trinajstić information content (AvgIpc) is 3.09. The Hall–Kier alpha value is -3.44. The van der Waals surface area contributed by atoms with Crippen LogP contribution in [0.15, 0.2) is 43.3 Å². The first kappa shape index (κ1) is 21.3. The number of ether oxygens (including phenoxy) is 1. The van der Waals surface area contributed by atoms with E-state index in [9.17, 15) is 14.9 Å². The van der Waals surface area contributed by atoms with Gasteiger partial charge in [-0.2, -0.15) is 5.26 Å². The zero-order chi connectivity index (χ0) is 21.5. The molecule has 1 N–H and O–H groups in total. The van der Waals surface area contributed by atoms with Crippen LogP contribution in [0.3, 0.4) is 0 Å². The molecule has 0 bridgehead atoms. The number of carbonyl (C=O) groups is 2. The first-order chi connectivity index (χ1) is 14.5. The SMILES string of the molecule is C=CCN(C)C(=O)OC1CCc2c(sc(NC(=O)/C=C/c3cccnc3)c2C#N)C1. The van der Waals surface area contributed by atoms with Gasteiger partial charge in [0.15, 0.2) is 0 Å². The number of anilines is 1. The van der Waals surface area contributed by atoms with Crippen LogP contribution in [0.5, 0.6) is 0 Å². The molecule has 0 spiro atoms. The van der Waals surface area contributed by atoms with Gasteiger partial charge in [-0.15, -0.1) is 17.9 Å². The number of pyridine rings is 1. The van der Waals surface area contributed by atoms with E-state index in [2.05, 4.69) is 22.9 Å². The van der Waals surface area contributed by atoms with Crippen molar-refractivity contribution in [3.05, 3.63) is 64.8 Å². The first-order valence-corrected chi connectivity index (χ1v) is 10.3. The average molecular weight is 423 g/mol. The lowest BCUT2D eigenvalue weighted by Gasteiger charge is -2.25. The molecular formula is C22H22N4O3S. The van der Waals surface area contributed by atoms with Crippen LogP contribution >= 0.6 is 11.3 Å². The van der Waals surface area contributed by atoms with E-state index in [-0.39, 0.29) is 12.0 Å². The molecule has 1 atom stereocenters. The van der Waals surface area contributed by atoms with Gasteiger partial charge >= 0.3 is 6.09 Å². The highest BCUT2D eigenvalue weighted by atomic mass is 32.1. The molecule has 30 heavy (non-hydrogen) atoms. The van der Waals surface area contributed by atoms with Gasteiger partial charge in [0.05, 0.1) is 5.56 Å². The number of nitriles is 1. The van der Waals surface area contributed by atoms with Crippen LogP contribution in [-0.4, -0.2) is 41.6 Å². The van der Waals surface area contributed by atoms with Crippen LogP contribution in [0.25, 0.3) is 6.08 Å². The minimum Gasteiger partial charge on any atom is -0.446 e. The summed E-state index contributed by atoms with van der Waals surface area (Å²) in [5.74, 6) is -0.317. The van der Waals surface area contributed by atoms with Crippen molar-refractivity contribution in [2.75, 3.05) is 18.9 Å². The van der Waals surface area contributed by atoms with Gasteiger partial charge in [0.1, 0.15) is 17.2 Å². The molecule has 0 saturated carbocycles. The topological polar surface area (TPSA) is 95.3 Å². The van der Waals surface area contributed by atoms with Gasteiger partial charge in [0, 0.05) is 43.4 Å². The molecule has 1 aliphatic carbocycles. The van der Waals surface area contributed by atoms with Crippen molar-refractivity contribution in [2.45, 2.75) is 25.4 Å². The molecule has 0 saturated heterocycles. The zero-order valence-corrected chi connectivity index (χ0v) is 17.4. The molecule has 7 nitrogen and oxygen atoms in total. The molecule has 1 unspecified atom stereocenters. The van der Waals surface area contributed by atoms with E-state index >= 15 is 0 Å². The van der Waals surface area contributed by atoms with Crippen molar-refractivity contribution in [2.24, 2.45) is 0 Å². The molecular weight excluding hydrogens is 400 g/mol. The summed E-state index contributed by atoms with van der Waals surface area (Å²) in [6, 6.07) is 5.84. The molecule has 0 fully saturated rings. The molecule has 2 amide bonds. The molecule has 1 aliphatic rings. The highest BCUT2D eigenvalue weighted by molar-refractivity contribution is 7.16. The van der Waals surface area contributed by atoms with Crippen molar-refractivity contribution in [3.8, 4) is 6.07 Å². The maximum absolute atomic E-state index is 12.3. The lowest BCUT2D eigenvalue weighted by Crippen LogP contribution is -2.33. The van der Waals surface area contributed by atoms with E-state index in [1.54, 1.807) is 37.7 Å². The van der Waals surface area contributed by atoms with E-state index in [4.69, 9.17) is 4.74 Å². The van der Waals surface area contributed by atoms with Crippen LogP contribution in [0, 0.1) is 11.3 Å². The first-order valence-electron chi connectivity index (χ1n) is 9.48. The Bertz CT molecular complexity index is 1010. The standard InChI is InChI=1S/C22H22N4O3S/c1-3-11-26(2)22(28)29-16-7-8-17-18(13-23)21(30-19(17)12-16)25-20(27)9-6-15-5-4-10-24-14-15/h3-6,9-10,14,16H,1,7-8,11-12H2,2H3,(H,25,27)/b9-6+. The Labute approximate surface area is 179 Å². The van der Waals surface area contributed by atoms with E-state index in [1.807, 2.05) is 6.07 Å². The molecule has 2 aromatic heterocycles. The molecule has 0 aliphatic heterocycles. The Morgan fingerprint density at radius 3 is 3.07 bits per heavy atom. The summed E-state index contributed by atoms with van der Waals surface area (Å²) < 4.78 is 5.57. The van der Waals surface area contributed by atoms with E-state index in [0.717, 1.165) is 16.0 Å². The van der Waals surface area contributed by atoms with Gasteiger partial charge in [0.25, 0.3) is 0 Å². The second-order valence-corrected chi connectivity index (χ2v) is 7.95. The lowest BCUT2D eigenvalue weighted by atomic mass is 9.94. The van der Waals surface area contributed by atoms with Gasteiger partial charge in [-0.25, -0.2) is 4.79 Å². The van der Waals surface area contributed by atoms with Crippen LogP contribution < -0.4 is 5.32 Å². The lowest BCUT2D eigenvalue weighted by molar-refractivity contribution is -0.111. The number of aromatic nitrogens is 1. The van der Waals surface area contributed by atoms with E-state index < -0.39 is 6.09 Å². The Kier molecular flexibility index (Phi) is 6.99. The molecule has 3 rings (SSSR count). The number of carbonyl (C=O) groups excluding carboxylic acids is 2. The number of nitrogens with zero attached hydrogens (tertiary/aromatic N) is 3. The van der Waals surface area contributed by atoms with Gasteiger partial charge in [0.2, 0.25) is 5.91 Å². The van der Waals surface area contributed by atoms with Gasteiger partial charge in [-0.05, 0) is 36.1 Å². The van der Waals surface area contributed by atoms with Crippen LogP contribution in [0.2, 0.25) is 0 Å². The highest BCUT2D eigenvalue weighted by Crippen LogP contribution is 2.38. The van der Waals surface area contributed by atoms with Crippen molar-refractivity contribution in [3.63, 3.8) is 0 Å². The smallest absolute Gasteiger partial charge is 0.410 e. The summed E-state index contributed by atoms with van der Waals surface area (Å²) in [7, 11) is 1.66. The Morgan fingerprint density at radius 2 is 2.37 bits per heavy atom. The third-order valence-electron chi connectivity index (χ3n) is 4.66. The third-order valence-corrected chi connectivity index (χ3v) is 5.83. The minimum atomic E-state index is -0.394. The number of fused-ring (bicyclic) bond motifs is 1. The van der Waals surface area contributed by atoms with Crippen LogP contribution in [-0.2, 0) is 22.4 Å². The number of likely N-dealkylation sites (N-methyl/N-ethyl adjacent to an activating group) is 1. The van der Waals surface area contributed by atoms with Gasteiger partial charge in [-0.1, -0.05) is 12.1 Å². The summed E-state index contributed by atoms with van der Waals surface area (Å²) in [4.78, 5) is 30.8. The fraction of sp³-hybridized carbons (Fsp3) is 0.273. The predicted octanol–water partition coefficient (Wildman–Crippen LogP) is 3.78. The number of amides is 2. The summed E-state index contributed by atoms with van der Waals surface area (Å²) >= 11 is 1.36. The zero-order valence-electron chi connectivity index (χ0n) is 16.6. The maximum atomic E-state index is 12.3. The van der Waals surface area contributed by atoms with Crippen LogP contribution in [0.4, 0.5) is 9.80 Å². The second kappa shape index (κ2) is 9.85. The summed E-state index contributed by atoms with van der Waals surface area (Å²) in [5, 5.41) is 12.9. The number of nitrogens with one attached hydrogen (secondary N) is 1. The quantitative estimate of drug-likeness (QED) is 0.565. The normalized spacial score (nSPS) is 15.1.